The molecule has 0 aliphatic carbocycles. The minimum atomic E-state index is -4.70. The lowest BCUT2D eigenvalue weighted by atomic mass is 9.95. The number of benzene rings is 1. The Labute approximate surface area is 199 Å². The minimum absolute atomic E-state index is 0.0293. The molecule has 1 amide bonds. The third kappa shape index (κ3) is 4.31. The molecule has 1 aliphatic rings. The van der Waals surface area contributed by atoms with Crippen molar-refractivity contribution in [3.05, 3.63) is 77.9 Å². The predicted octanol–water partition coefficient (Wildman–Crippen LogP) is 5.19. The smallest absolute Gasteiger partial charge is 0.433 e. The van der Waals surface area contributed by atoms with Gasteiger partial charge in [-0.1, -0.05) is 6.07 Å². The predicted molar refractivity (Wildman–Crippen MR) is 122 cm³/mol. The second-order valence-electron chi connectivity index (χ2n) is 8.34. The van der Waals surface area contributed by atoms with E-state index in [1.807, 2.05) is 6.07 Å². The first-order valence-corrected chi connectivity index (χ1v) is 11.2. The fraction of sp³-hybridized carbons (Fsp3) is 0.280. The van der Waals surface area contributed by atoms with Gasteiger partial charge in [0.2, 0.25) is 0 Å². The molecule has 10 heteroatoms. The maximum atomic E-state index is 14.0. The number of hydrogen-bond acceptors (Lipinski definition) is 5. The molecule has 0 spiro atoms. The Kier molecular flexibility index (Phi) is 5.88. The van der Waals surface area contributed by atoms with Crippen LogP contribution in [0.5, 0.6) is 5.75 Å². The quantitative estimate of drug-likeness (QED) is 0.401. The van der Waals surface area contributed by atoms with Crippen molar-refractivity contribution in [3.63, 3.8) is 0 Å². The summed E-state index contributed by atoms with van der Waals surface area (Å²) in [5.74, 6) is 0.165. The number of carbonyl (C=O) groups is 1. The van der Waals surface area contributed by atoms with Crippen molar-refractivity contribution >= 4 is 11.6 Å². The molecule has 0 unspecified atom stereocenters. The van der Waals surface area contributed by atoms with Crippen LogP contribution in [0.4, 0.5) is 13.2 Å². The van der Waals surface area contributed by atoms with E-state index in [1.54, 1.807) is 47.6 Å². The van der Waals surface area contributed by atoms with Gasteiger partial charge in [-0.05, 0) is 61.2 Å². The molecule has 0 bridgehead atoms. The van der Waals surface area contributed by atoms with Gasteiger partial charge in [-0.15, -0.1) is 0 Å². The lowest BCUT2D eigenvalue weighted by molar-refractivity contribution is -0.142. The van der Waals surface area contributed by atoms with Gasteiger partial charge in [-0.2, -0.15) is 18.3 Å². The van der Waals surface area contributed by atoms with Crippen LogP contribution in [-0.2, 0) is 6.18 Å². The summed E-state index contributed by atoms with van der Waals surface area (Å²) >= 11 is 0. The molecule has 0 saturated carbocycles. The van der Waals surface area contributed by atoms with E-state index in [-0.39, 0.29) is 22.9 Å². The molecule has 1 aromatic carbocycles. The number of pyridine rings is 1. The maximum absolute atomic E-state index is 14.0. The number of methoxy groups -OCH3 is 1. The van der Waals surface area contributed by atoms with Crippen LogP contribution >= 0.6 is 0 Å². The Morgan fingerprint density at radius 3 is 2.60 bits per heavy atom. The summed E-state index contributed by atoms with van der Waals surface area (Å²) < 4.78 is 47.7. The zero-order valence-electron chi connectivity index (χ0n) is 18.9. The molecule has 180 valence electrons. The summed E-state index contributed by atoms with van der Waals surface area (Å²) in [7, 11) is 1.50. The molecule has 35 heavy (non-hydrogen) atoms. The van der Waals surface area contributed by atoms with Crippen LogP contribution < -0.4 is 4.74 Å². The first-order chi connectivity index (χ1) is 16.9. The Balaban J connectivity index is 1.61. The van der Waals surface area contributed by atoms with E-state index in [9.17, 15) is 18.0 Å². The van der Waals surface area contributed by atoms with Crippen molar-refractivity contribution in [2.75, 3.05) is 13.7 Å². The molecule has 4 heterocycles. The molecule has 7 nitrogen and oxygen atoms in total. The SMILES string of the molecule is COc1ccc(-c2cc(C(F)(F)F)n3ncc(C(=O)N4CCCC[C@@H]4c4cccnc4)c3n2)cc1. The van der Waals surface area contributed by atoms with Gasteiger partial charge in [0, 0.05) is 24.5 Å². The highest BCUT2D eigenvalue weighted by Crippen LogP contribution is 2.35. The lowest BCUT2D eigenvalue weighted by Gasteiger charge is -2.35. The van der Waals surface area contributed by atoms with Crippen molar-refractivity contribution in [3.8, 4) is 17.0 Å². The average Bonchev–Trinajstić information content (AvgIpc) is 3.31. The highest BCUT2D eigenvalue weighted by Gasteiger charge is 2.37. The van der Waals surface area contributed by atoms with Crippen molar-refractivity contribution in [1.29, 1.82) is 0 Å². The highest BCUT2D eigenvalue weighted by molar-refractivity contribution is 6.00. The third-order valence-electron chi connectivity index (χ3n) is 6.21. The van der Waals surface area contributed by atoms with Gasteiger partial charge in [-0.25, -0.2) is 9.50 Å². The first kappa shape index (κ1) is 22.8. The molecule has 1 atom stereocenters. The van der Waals surface area contributed by atoms with Gasteiger partial charge >= 0.3 is 6.18 Å². The summed E-state index contributed by atoms with van der Waals surface area (Å²) in [4.78, 5) is 24.0. The summed E-state index contributed by atoms with van der Waals surface area (Å²) in [6.07, 6.45) is 2.34. The Bertz CT molecular complexity index is 1350. The third-order valence-corrected chi connectivity index (χ3v) is 6.21. The van der Waals surface area contributed by atoms with Crippen LogP contribution in [0.25, 0.3) is 16.9 Å². The molecule has 3 aromatic heterocycles. The van der Waals surface area contributed by atoms with Crippen molar-refractivity contribution < 1.29 is 22.7 Å². The number of hydrogen-bond donors (Lipinski definition) is 0. The number of piperidine rings is 1. The summed E-state index contributed by atoms with van der Waals surface area (Å²) in [6.45, 7) is 0.486. The molecule has 0 N–H and O–H groups in total. The van der Waals surface area contributed by atoms with Crippen molar-refractivity contribution in [2.24, 2.45) is 0 Å². The summed E-state index contributed by atoms with van der Waals surface area (Å²) in [6, 6.07) is 11.0. The lowest BCUT2D eigenvalue weighted by Crippen LogP contribution is -2.38. The second-order valence-corrected chi connectivity index (χ2v) is 8.34. The molecular formula is C25H22F3N5O2. The van der Waals surface area contributed by atoms with Gasteiger partial charge in [0.1, 0.15) is 11.3 Å². The Hall–Kier alpha value is -3.95. The van der Waals surface area contributed by atoms with Gasteiger partial charge in [0.25, 0.3) is 5.91 Å². The van der Waals surface area contributed by atoms with E-state index in [1.165, 1.54) is 13.3 Å². The van der Waals surface area contributed by atoms with Gasteiger partial charge in [-0.3, -0.25) is 9.78 Å². The van der Waals surface area contributed by atoms with E-state index >= 15 is 0 Å². The first-order valence-electron chi connectivity index (χ1n) is 11.2. The van der Waals surface area contributed by atoms with Crippen LogP contribution in [0, 0.1) is 0 Å². The monoisotopic (exact) mass is 481 g/mol. The van der Waals surface area contributed by atoms with E-state index in [2.05, 4.69) is 15.1 Å². The highest BCUT2D eigenvalue weighted by atomic mass is 19.4. The van der Waals surface area contributed by atoms with E-state index in [4.69, 9.17) is 4.74 Å². The number of carbonyl (C=O) groups excluding carboxylic acids is 1. The van der Waals surface area contributed by atoms with Gasteiger partial charge < -0.3 is 9.64 Å². The molecule has 0 radical (unpaired) electrons. The number of alkyl halides is 3. The second kappa shape index (κ2) is 9.01. The standard InChI is InChI=1S/C25H22F3N5O2/c1-35-18-9-7-16(8-10-18)20-13-22(25(26,27)28)33-23(31-20)19(15-30-33)24(34)32-12-3-2-6-21(32)17-5-4-11-29-14-17/h4-5,7-11,13-15,21H,2-3,6,12H2,1H3/t21-/m1/s1. The molecular weight excluding hydrogens is 459 g/mol. The van der Waals surface area contributed by atoms with Crippen LogP contribution in [0.2, 0.25) is 0 Å². The van der Waals surface area contributed by atoms with E-state index in [0.717, 1.165) is 30.9 Å². The number of ether oxygens (including phenoxy) is 1. The fourth-order valence-corrected chi connectivity index (χ4v) is 4.47. The zero-order valence-corrected chi connectivity index (χ0v) is 18.9. The van der Waals surface area contributed by atoms with Crippen molar-refractivity contribution in [2.45, 2.75) is 31.5 Å². The van der Waals surface area contributed by atoms with Gasteiger partial charge in [0.05, 0.1) is 25.0 Å². The molecule has 1 aliphatic heterocycles. The number of aromatic nitrogens is 4. The van der Waals surface area contributed by atoms with E-state index in [0.29, 0.717) is 22.4 Å². The number of halogens is 3. The number of fused-ring (bicyclic) bond motifs is 1. The molecule has 1 fully saturated rings. The van der Waals surface area contributed by atoms with Gasteiger partial charge in [0.15, 0.2) is 11.3 Å². The molecule has 5 rings (SSSR count). The fourth-order valence-electron chi connectivity index (χ4n) is 4.47. The Morgan fingerprint density at radius 2 is 1.91 bits per heavy atom. The Morgan fingerprint density at radius 1 is 1.11 bits per heavy atom. The number of nitrogens with zero attached hydrogens (tertiary/aromatic N) is 5. The van der Waals surface area contributed by atoms with Crippen LogP contribution in [0.3, 0.4) is 0 Å². The van der Waals surface area contributed by atoms with E-state index < -0.39 is 17.8 Å². The maximum Gasteiger partial charge on any atom is 0.433 e. The average molecular weight is 481 g/mol. The largest absolute Gasteiger partial charge is 0.497 e. The summed E-state index contributed by atoms with van der Waals surface area (Å²) in [5, 5.41) is 3.92. The zero-order chi connectivity index (χ0) is 24.6. The molecule has 4 aromatic rings. The minimum Gasteiger partial charge on any atom is -0.497 e. The van der Waals surface area contributed by atoms with Crippen LogP contribution in [0.1, 0.15) is 46.9 Å². The molecule has 1 saturated heterocycles. The number of likely N-dealkylation sites (tertiary alicyclic amines) is 1. The topological polar surface area (TPSA) is 72.6 Å². The number of rotatable bonds is 4. The van der Waals surface area contributed by atoms with Crippen molar-refractivity contribution in [1.82, 2.24) is 24.5 Å². The summed E-state index contributed by atoms with van der Waals surface area (Å²) in [5.41, 5.74) is 0.330. The number of amides is 1. The van der Waals surface area contributed by atoms with Crippen LogP contribution in [0.15, 0.2) is 61.1 Å². The normalized spacial score (nSPS) is 16.5. The van der Waals surface area contributed by atoms with Crippen LogP contribution in [-0.4, -0.2) is 44.0 Å².